The number of furan rings is 2. The van der Waals surface area contributed by atoms with E-state index in [1.165, 1.54) is 37.0 Å². The zero-order valence-electron chi connectivity index (χ0n) is 33.0. The normalized spacial score (nSPS) is 14.1. The van der Waals surface area contributed by atoms with Gasteiger partial charge in [0.25, 0.3) is 6.71 Å². The largest absolute Gasteiger partial charge is 0.458 e. The number of fused-ring (bicyclic) bond motifs is 16. The molecule has 9 aromatic carbocycles. The fourth-order valence-corrected chi connectivity index (χ4v) is 12.4. The van der Waals surface area contributed by atoms with Crippen molar-refractivity contribution in [3.63, 3.8) is 0 Å². The molecule has 8 heteroatoms. The molecule has 4 aliphatic heterocycles. The maximum absolute atomic E-state index is 6.94. The zero-order valence-corrected chi connectivity index (χ0v) is 33.8. The van der Waals surface area contributed by atoms with Crippen LogP contribution < -0.4 is 47.3 Å². The van der Waals surface area contributed by atoms with Crippen molar-refractivity contribution in [3.8, 4) is 11.5 Å². The van der Waals surface area contributed by atoms with Crippen molar-refractivity contribution in [2.75, 3.05) is 9.80 Å². The topological polar surface area (TPSA) is 42.0 Å². The summed E-state index contributed by atoms with van der Waals surface area (Å²) in [5.41, 5.74) is 17.6. The third-order valence-electron chi connectivity index (χ3n) is 13.5. The van der Waals surface area contributed by atoms with Crippen molar-refractivity contribution >= 4 is 136 Å². The average Bonchev–Trinajstić information content (AvgIpc) is 3.89. The predicted octanol–water partition coefficient (Wildman–Crippen LogP) is 10.7. The van der Waals surface area contributed by atoms with Crippen molar-refractivity contribution in [3.05, 3.63) is 182 Å². The van der Waals surface area contributed by atoms with Gasteiger partial charge in [0, 0.05) is 66.5 Å². The number of anilines is 6. The number of nitrogens with zero attached hydrogens (tertiary/aromatic N) is 2. The molecule has 0 fully saturated rings. The van der Waals surface area contributed by atoms with Crippen LogP contribution in [0.1, 0.15) is 0 Å². The Bertz CT molecular complexity index is 3730. The lowest BCUT2D eigenvalue weighted by atomic mass is 9.31. The zero-order chi connectivity index (χ0) is 40.2. The van der Waals surface area contributed by atoms with E-state index in [0.29, 0.717) is 0 Å². The van der Waals surface area contributed by atoms with E-state index in [2.05, 4.69) is 186 Å². The van der Waals surface area contributed by atoms with Crippen LogP contribution in [0.25, 0.3) is 43.9 Å². The van der Waals surface area contributed by atoms with Gasteiger partial charge in [0.05, 0.1) is 11.1 Å². The summed E-state index contributed by atoms with van der Waals surface area (Å²) in [6.07, 6.45) is 0. The highest BCUT2D eigenvalue weighted by Gasteiger charge is 2.48. The molecule has 11 aromatic rings. The molecule has 0 N–H and O–H groups in total. The summed E-state index contributed by atoms with van der Waals surface area (Å²) in [6, 6.07) is 65.6. The second kappa shape index (κ2) is 12.1. The van der Waals surface area contributed by atoms with Crippen LogP contribution in [0.2, 0.25) is 0 Å². The van der Waals surface area contributed by atoms with E-state index in [1.54, 1.807) is 0 Å². The first-order valence-corrected chi connectivity index (χ1v) is 22.0. The minimum Gasteiger partial charge on any atom is -0.458 e. The van der Waals surface area contributed by atoms with Gasteiger partial charge >= 0.3 is 0 Å². The Labute approximate surface area is 360 Å². The molecule has 15 rings (SSSR count). The van der Waals surface area contributed by atoms with Crippen LogP contribution in [0.3, 0.4) is 0 Å². The van der Waals surface area contributed by atoms with Gasteiger partial charge in [-0.15, -0.1) is 0 Å². The summed E-state index contributed by atoms with van der Waals surface area (Å²) in [7, 11) is 0. The molecular formula is C54H30B2N2O3S. The Hall–Kier alpha value is -7.54. The molecule has 0 saturated heterocycles. The molecule has 0 spiro atoms. The monoisotopic (exact) mass is 808 g/mol. The van der Waals surface area contributed by atoms with Crippen LogP contribution in [0, 0.1) is 0 Å². The van der Waals surface area contributed by atoms with E-state index in [1.807, 2.05) is 17.8 Å². The molecule has 4 aliphatic rings. The third-order valence-corrected chi connectivity index (χ3v) is 14.7. The lowest BCUT2D eigenvalue weighted by Gasteiger charge is -2.44. The van der Waals surface area contributed by atoms with Gasteiger partial charge in [-0.1, -0.05) is 132 Å². The van der Waals surface area contributed by atoms with Gasteiger partial charge in [0.15, 0.2) is 0 Å². The molecule has 0 aliphatic carbocycles. The minimum atomic E-state index is -0.108. The first-order valence-electron chi connectivity index (χ1n) is 21.1. The lowest BCUT2D eigenvalue weighted by molar-refractivity contribution is 0.487. The van der Waals surface area contributed by atoms with Crippen LogP contribution in [0.4, 0.5) is 34.1 Å². The molecule has 0 atom stereocenters. The van der Waals surface area contributed by atoms with Crippen molar-refractivity contribution in [1.82, 2.24) is 0 Å². The Morgan fingerprint density at radius 3 is 1.74 bits per heavy atom. The quantitative estimate of drug-likeness (QED) is 0.162. The number of para-hydroxylation sites is 5. The standard InChI is InChI=1S/C54H30B2N2O3S/c1-3-15-31(16-4-1)57-39-28-40-38(27-37(39)56-36-22-10-14-26-48(36)62-54-50-34-20-8-12-24-43(34)59-45(50)29-41(57)51(54)56)55-35-21-9-13-25-44(35)61-47-30-46-49(33-19-7-11-23-42(33)60-46)53(52(47)55)58(40)32-17-5-2-6-18-32/h1-30H. The molecule has 0 amide bonds. The number of hydrogen-bond donors (Lipinski definition) is 0. The SMILES string of the molecule is c1ccc(N2c3cc4c(cc3B3c5ccccc5Sc5c3c2cc2oc3ccccc3c52)B2c3ccccc3Oc3cc5oc6ccccc6c5c(c32)N4c2ccccc2)cc1. The smallest absolute Gasteiger partial charge is 0.256 e. The minimum absolute atomic E-state index is 0.0304. The highest BCUT2D eigenvalue weighted by molar-refractivity contribution is 8.00. The van der Waals surface area contributed by atoms with Gasteiger partial charge in [0.2, 0.25) is 6.71 Å². The number of benzene rings is 9. The molecule has 0 bridgehead atoms. The van der Waals surface area contributed by atoms with Crippen LogP contribution in [0.15, 0.2) is 201 Å². The van der Waals surface area contributed by atoms with E-state index >= 15 is 0 Å². The number of hydrogen-bond acceptors (Lipinski definition) is 6. The summed E-state index contributed by atoms with van der Waals surface area (Å²) in [5.74, 6) is 1.70. The van der Waals surface area contributed by atoms with Crippen molar-refractivity contribution in [1.29, 1.82) is 0 Å². The second-order valence-electron chi connectivity index (χ2n) is 16.7. The van der Waals surface area contributed by atoms with Gasteiger partial charge < -0.3 is 23.4 Å². The van der Waals surface area contributed by atoms with E-state index in [0.717, 1.165) is 95.0 Å². The summed E-state index contributed by atoms with van der Waals surface area (Å²) >= 11 is 1.88. The lowest BCUT2D eigenvalue weighted by Crippen LogP contribution is -2.64. The Morgan fingerprint density at radius 1 is 0.403 bits per heavy atom. The summed E-state index contributed by atoms with van der Waals surface area (Å²) in [6.45, 7) is -0.139. The highest BCUT2D eigenvalue weighted by Crippen LogP contribution is 2.51. The molecule has 6 heterocycles. The highest BCUT2D eigenvalue weighted by atomic mass is 32.2. The van der Waals surface area contributed by atoms with Crippen molar-refractivity contribution in [2.24, 2.45) is 0 Å². The Balaban J connectivity index is 1.12. The van der Waals surface area contributed by atoms with Crippen molar-refractivity contribution < 1.29 is 13.6 Å². The Morgan fingerprint density at radius 2 is 0.984 bits per heavy atom. The van der Waals surface area contributed by atoms with E-state index in [-0.39, 0.29) is 13.4 Å². The fourth-order valence-electron chi connectivity index (χ4n) is 11.1. The first kappa shape index (κ1) is 33.2. The molecule has 286 valence electrons. The summed E-state index contributed by atoms with van der Waals surface area (Å²) in [4.78, 5) is 7.50. The molecular weight excluding hydrogens is 778 g/mol. The number of ether oxygens (including phenoxy) is 1. The Kier molecular flexibility index (Phi) is 6.46. The van der Waals surface area contributed by atoms with Gasteiger partial charge in [-0.05, 0) is 81.9 Å². The summed E-state index contributed by atoms with van der Waals surface area (Å²) < 4.78 is 20.4. The van der Waals surface area contributed by atoms with Crippen molar-refractivity contribution in [2.45, 2.75) is 9.79 Å². The average molecular weight is 809 g/mol. The molecule has 0 saturated carbocycles. The molecule has 5 nitrogen and oxygen atoms in total. The fraction of sp³-hybridized carbons (Fsp3) is 0. The van der Waals surface area contributed by atoms with Gasteiger partial charge in [-0.25, -0.2) is 0 Å². The second-order valence-corrected chi connectivity index (χ2v) is 17.7. The van der Waals surface area contributed by atoms with E-state index in [4.69, 9.17) is 13.6 Å². The van der Waals surface area contributed by atoms with Crippen LogP contribution in [0.5, 0.6) is 11.5 Å². The van der Waals surface area contributed by atoms with Crippen LogP contribution in [-0.2, 0) is 0 Å². The van der Waals surface area contributed by atoms with Crippen LogP contribution >= 0.6 is 11.8 Å². The molecule has 0 radical (unpaired) electrons. The van der Waals surface area contributed by atoms with Gasteiger partial charge in [0.1, 0.15) is 33.8 Å². The molecule has 62 heavy (non-hydrogen) atoms. The van der Waals surface area contributed by atoms with Gasteiger partial charge in [-0.3, -0.25) is 0 Å². The third kappa shape index (κ3) is 4.27. The van der Waals surface area contributed by atoms with Gasteiger partial charge in [-0.2, -0.15) is 0 Å². The predicted molar refractivity (Wildman–Crippen MR) is 257 cm³/mol. The van der Waals surface area contributed by atoms with E-state index in [9.17, 15) is 0 Å². The first-order chi connectivity index (χ1) is 30.8. The molecule has 0 unspecified atom stereocenters. The summed E-state index contributed by atoms with van der Waals surface area (Å²) in [5, 5.41) is 4.49. The number of rotatable bonds is 2. The maximum Gasteiger partial charge on any atom is 0.256 e. The van der Waals surface area contributed by atoms with E-state index < -0.39 is 0 Å². The molecule has 2 aromatic heterocycles. The van der Waals surface area contributed by atoms with Crippen LogP contribution in [-0.4, -0.2) is 13.4 Å². The maximum atomic E-state index is 6.94.